The van der Waals surface area contributed by atoms with Gasteiger partial charge in [0.15, 0.2) is 8.32 Å². The van der Waals surface area contributed by atoms with Gasteiger partial charge >= 0.3 is 0 Å². The molecule has 0 saturated carbocycles. The van der Waals surface area contributed by atoms with Gasteiger partial charge in [-0.1, -0.05) is 38.1 Å². The predicted molar refractivity (Wildman–Crippen MR) is 87.6 cm³/mol. The molecule has 0 unspecified atom stereocenters. The van der Waals surface area contributed by atoms with Crippen LogP contribution in [0.15, 0.2) is 24.3 Å². The number of rotatable bonds is 9. The van der Waals surface area contributed by atoms with E-state index >= 15 is 0 Å². The Hall–Kier alpha value is -0.933. The van der Waals surface area contributed by atoms with Crippen LogP contribution in [0.3, 0.4) is 0 Å². The second-order valence-electron chi connectivity index (χ2n) is 6.45. The van der Waals surface area contributed by atoms with Gasteiger partial charge in [-0.15, -0.1) is 0 Å². The maximum Gasteiger partial charge on any atom is 0.186 e. The number of carbonyl (C=O) groups is 1. The molecule has 1 rings (SSSR count). The first-order chi connectivity index (χ1) is 9.44. The molecule has 0 heterocycles. The normalized spacial score (nSPS) is 11.8. The van der Waals surface area contributed by atoms with Crippen LogP contribution in [0.25, 0.3) is 0 Å². The number of benzene rings is 1. The Morgan fingerprint density at radius 3 is 2.45 bits per heavy atom. The van der Waals surface area contributed by atoms with Gasteiger partial charge in [0.05, 0.1) is 0 Å². The molecule has 1 aromatic carbocycles. The fraction of sp³-hybridized carbons (Fsp3) is 0.588. The lowest BCUT2D eigenvalue weighted by Gasteiger charge is -2.24. The highest BCUT2D eigenvalue weighted by molar-refractivity contribution is 6.71. The Bertz CT molecular complexity index is 413. The van der Waals surface area contributed by atoms with Crippen LogP contribution in [0.5, 0.6) is 0 Å². The monoisotopic (exact) mass is 292 g/mol. The zero-order chi connectivity index (χ0) is 15.0. The second-order valence-corrected chi connectivity index (χ2v) is 10.7. The molecule has 0 aromatic heterocycles. The Morgan fingerprint density at radius 2 is 1.85 bits per heavy atom. The molecule has 20 heavy (non-hydrogen) atoms. The maximum absolute atomic E-state index is 10.7. The van der Waals surface area contributed by atoms with E-state index in [4.69, 9.17) is 4.43 Å². The average molecular weight is 292 g/mol. The molecule has 0 aliphatic carbocycles. The van der Waals surface area contributed by atoms with Crippen LogP contribution in [-0.2, 0) is 22.1 Å². The fourth-order valence-corrected chi connectivity index (χ4v) is 5.52. The van der Waals surface area contributed by atoms with E-state index in [9.17, 15) is 4.79 Å². The van der Waals surface area contributed by atoms with Gasteiger partial charge in [0.1, 0.15) is 6.29 Å². The molecular weight excluding hydrogens is 264 g/mol. The van der Waals surface area contributed by atoms with Crippen molar-refractivity contribution in [2.24, 2.45) is 5.92 Å². The summed E-state index contributed by atoms with van der Waals surface area (Å²) in [6, 6.07) is 9.42. The van der Waals surface area contributed by atoms with Crippen molar-refractivity contribution in [1.82, 2.24) is 0 Å². The molecular formula is C17H28O2Si. The third kappa shape index (κ3) is 6.48. The minimum atomic E-state index is -1.49. The van der Waals surface area contributed by atoms with Crippen LogP contribution in [0.1, 0.15) is 31.4 Å². The smallest absolute Gasteiger partial charge is 0.186 e. The number of aryl methyl sites for hydroxylation is 1. The third-order valence-electron chi connectivity index (χ3n) is 3.40. The molecule has 0 amide bonds. The van der Waals surface area contributed by atoms with Gasteiger partial charge in [0.2, 0.25) is 0 Å². The topological polar surface area (TPSA) is 26.3 Å². The molecule has 0 aliphatic rings. The lowest BCUT2D eigenvalue weighted by molar-refractivity contribution is -0.107. The SMILES string of the molecule is CC(C)C[Si](C)(C)OCCCc1ccccc1CC=O. The maximum atomic E-state index is 10.7. The number of carbonyl (C=O) groups excluding carboxylic acids is 1. The number of hydrogen-bond donors (Lipinski definition) is 0. The summed E-state index contributed by atoms with van der Waals surface area (Å²) < 4.78 is 6.13. The van der Waals surface area contributed by atoms with Crippen molar-refractivity contribution in [1.29, 1.82) is 0 Å². The fourth-order valence-electron chi connectivity index (χ4n) is 2.74. The van der Waals surface area contributed by atoms with Gasteiger partial charge in [0.25, 0.3) is 0 Å². The predicted octanol–water partition coefficient (Wildman–Crippen LogP) is 4.24. The van der Waals surface area contributed by atoms with Crippen molar-refractivity contribution in [3.05, 3.63) is 35.4 Å². The molecule has 2 nitrogen and oxygen atoms in total. The highest BCUT2D eigenvalue weighted by Gasteiger charge is 2.23. The van der Waals surface area contributed by atoms with Crippen molar-refractivity contribution in [2.75, 3.05) is 6.61 Å². The lowest BCUT2D eigenvalue weighted by Crippen LogP contribution is -2.32. The van der Waals surface area contributed by atoms with Crippen molar-refractivity contribution in [3.8, 4) is 0 Å². The van der Waals surface area contributed by atoms with Gasteiger partial charge in [0, 0.05) is 13.0 Å². The van der Waals surface area contributed by atoms with E-state index in [0.717, 1.165) is 31.3 Å². The molecule has 0 saturated heterocycles. The zero-order valence-electron chi connectivity index (χ0n) is 13.3. The molecule has 1 aromatic rings. The van der Waals surface area contributed by atoms with Crippen molar-refractivity contribution < 1.29 is 9.22 Å². The van der Waals surface area contributed by atoms with Crippen LogP contribution in [0.2, 0.25) is 19.1 Å². The standard InChI is InChI=1S/C17H28O2Si/c1-15(2)14-20(3,4)19-13-7-10-16-8-5-6-9-17(16)11-12-18/h5-6,8-9,12,15H,7,10-11,13-14H2,1-4H3. The van der Waals surface area contributed by atoms with Gasteiger partial charge in [-0.05, 0) is 49.0 Å². The number of aldehydes is 1. The van der Waals surface area contributed by atoms with Crippen molar-refractivity contribution >= 4 is 14.6 Å². The molecule has 0 atom stereocenters. The van der Waals surface area contributed by atoms with Crippen LogP contribution in [0.4, 0.5) is 0 Å². The van der Waals surface area contributed by atoms with Crippen molar-refractivity contribution in [3.63, 3.8) is 0 Å². The molecule has 3 heteroatoms. The summed E-state index contributed by atoms with van der Waals surface area (Å²) in [7, 11) is -1.49. The quantitative estimate of drug-likeness (QED) is 0.386. The highest BCUT2D eigenvalue weighted by Crippen LogP contribution is 2.18. The van der Waals surface area contributed by atoms with Gasteiger partial charge in [-0.25, -0.2) is 0 Å². The Labute approximate surface area is 124 Å². The van der Waals surface area contributed by atoms with Crippen LogP contribution >= 0.6 is 0 Å². The first-order valence-electron chi connectivity index (χ1n) is 7.59. The van der Waals surface area contributed by atoms with Gasteiger partial charge in [-0.3, -0.25) is 0 Å². The third-order valence-corrected chi connectivity index (χ3v) is 6.19. The van der Waals surface area contributed by atoms with E-state index < -0.39 is 8.32 Å². The number of hydrogen-bond acceptors (Lipinski definition) is 2. The summed E-state index contributed by atoms with van der Waals surface area (Å²) >= 11 is 0. The van der Waals surface area contributed by atoms with Crippen LogP contribution < -0.4 is 0 Å². The summed E-state index contributed by atoms with van der Waals surface area (Å²) in [6.45, 7) is 9.95. The van der Waals surface area contributed by atoms with E-state index in [1.54, 1.807) is 0 Å². The molecule has 112 valence electrons. The van der Waals surface area contributed by atoms with E-state index in [2.05, 4.69) is 33.0 Å². The first kappa shape index (κ1) is 17.1. The van der Waals surface area contributed by atoms with Crippen LogP contribution in [-0.4, -0.2) is 21.2 Å². The van der Waals surface area contributed by atoms with E-state index in [1.807, 2.05) is 18.2 Å². The lowest BCUT2D eigenvalue weighted by atomic mass is 10.0. The minimum Gasteiger partial charge on any atom is -0.417 e. The first-order valence-corrected chi connectivity index (χ1v) is 10.7. The van der Waals surface area contributed by atoms with Crippen LogP contribution in [0, 0.1) is 5.92 Å². The summed E-state index contributed by atoms with van der Waals surface area (Å²) in [5.41, 5.74) is 2.44. The largest absolute Gasteiger partial charge is 0.417 e. The summed E-state index contributed by atoms with van der Waals surface area (Å²) in [5.74, 6) is 0.713. The highest BCUT2D eigenvalue weighted by atomic mass is 28.4. The molecule has 0 spiro atoms. The summed E-state index contributed by atoms with van der Waals surface area (Å²) in [4.78, 5) is 10.7. The molecule has 0 fully saturated rings. The van der Waals surface area contributed by atoms with E-state index in [-0.39, 0.29) is 0 Å². The minimum absolute atomic E-state index is 0.518. The Balaban J connectivity index is 2.39. The van der Waals surface area contributed by atoms with Gasteiger partial charge < -0.3 is 9.22 Å². The molecule has 0 bridgehead atoms. The van der Waals surface area contributed by atoms with E-state index in [0.29, 0.717) is 12.3 Å². The zero-order valence-corrected chi connectivity index (χ0v) is 14.3. The summed E-state index contributed by atoms with van der Waals surface area (Å²) in [6.07, 6.45) is 3.53. The Kier molecular flexibility index (Phi) is 7.17. The van der Waals surface area contributed by atoms with E-state index in [1.165, 1.54) is 11.6 Å². The molecule has 0 aliphatic heterocycles. The molecule has 0 N–H and O–H groups in total. The molecule has 0 radical (unpaired) electrons. The Morgan fingerprint density at radius 1 is 1.20 bits per heavy atom. The second kappa shape index (κ2) is 8.38. The van der Waals surface area contributed by atoms with Crippen molar-refractivity contribution in [2.45, 2.75) is 52.2 Å². The summed E-state index contributed by atoms with van der Waals surface area (Å²) in [5, 5.41) is 0. The van der Waals surface area contributed by atoms with Gasteiger partial charge in [-0.2, -0.15) is 0 Å². The average Bonchev–Trinajstić information content (AvgIpc) is 2.35.